The van der Waals surface area contributed by atoms with Crippen molar-refractivity contribution in [2.24, 2.45) is 0 Å². The molecule has 150 valence electrons. The second kappa shape index (κ2) is 8.43. The van der Waals surface area contributed by atoms with Gasteiger partial charge in [-0.25, -0.2) is 4.79 Å². The van der Waals surface area contributed by atoms with Gasteiger partial charge in [-0.15, -0.1) is 0 Å². The van der Waals surface area contributed by atoms with Gasteiger partial charge in [-0.3, -0.25) is 0 Å². The van der Waals surface area contributed by atoms with Crippen LogP contribution in [-0.4, -0.2) is 34.2 Å². The molecule has 0 radical (unpaired) electrons. The van der Waals surface area contributed by atoms with Crippen LogP contribution < -0.4 is 5.32 Å². The van der Waals surface area contributed by atoms with E-state index in [-0.39, 0.29) is 11.9 Å². The Hall–Kier alpha value is -2.57. The highest BCUT2D eigenvalue weighted by molar-refractivity contribution is 6.31. The summed E-state index contributed by atoms with van der Waals surface area (Å²) in [5, 5.41) is 8.23. The predicted molar refractivity (Wildman–Crippen MR) is 113 cm³/mol. The van der Waals surface area contributed by atoms with Gasteiger partial charge in [-0.1, -0.05) is 46.6 Å². The van der Waals surface area contributed by atoms with Crippen LogP contribution in [0.3, 0.4) is 0 Å². The van der Waals surface area contributed by atoms with Gasteiger partial charge in [0, 0.05) is 34.4 Å². The van der Waals surface area contributed by atoms with Crippen LogP contribution >= 0.6 is 23.2 Å². The van der Waals surface area contributed by atoms with E-state index in [1.165, 1.54) is 0 Å². The largest absolute Gasteiger partial charge is 0.339 e. The Morgan fingerprint density at radius 2 is 2.10 bits per heavy atom. The van der Waals surface area contributed by atoms with Crippen LogP contribution in [0.15, 0.2) is 47.0 Å². The first-order valence-electron chi connectivity index (χ1n) is 9.41. The maximum atomic E-state index is 12.7. The fourth-order valence-corrected chi connectivity index (χ4v) is 3.75. The highest BCUT2D eigenvalue weighted by atomic mass is 35.5. The van der Waals surface area contributed by atoms with E-state index in [0.29, 0.717) is 40.5 Å². The number of rotatable bonds is 3. The number of halogens is 2. The van der Waals surface area contributed by atoms with Crippen molar-refractivity contribution in [1.29, 1.82) is 0 Å². The van der Waals surface area contributed by atoms with Crippen LogP contribution in [0.5, 0.6) is 0 Å². The van der Waals surface area contributed by atoms with Crippen molar-refractivity contribution in [2.75, 3.05) is 18.4 Å². The highest BCUT2D eigenvalue weighted by Crippen LogP contribution is 2.29. The van der Waals surface area contributed by atoms with E-state index in [1.807, 2.05) is 31.2 Å². The summed E-state index contributed by atoms with van der Waals surface area (Å²) in [7, 11) is 0. The number of hydrogen-bond acceptors (Lipinski definition) is 4. The zero-order chi connectivity index (χ0) is 20.4. The van der Waals surface area contributed by atoms with Crippen molar-refractivity contribution in [1.82, 2.24) is 15.0 Å². The smallest absolute Gasteiger partial charge is 0.321 e. The molecule has 3 aromatic rings. The summed E-state index contributed by atoms with van der Waals surface area (Å²) in [5.41, 5.74) is 2.44. The van der Waals surface area contributed by atoms with Crippen LogP contribution in [0, 0.1) is 6.92 Å². The van der Waals surface area contributed by atoms with Crippen molar-refractivity contribution in [2.45, 2.75) is 25.7 Å². The highest BCUT2D eigenvalue weighted by Gasteiger charge is 2.29. The van der Waals surface area contributed by atoms with Gasteiger partial charge >= 0.3 is 6.03 Å². The molecule has 1 aromatic heterocycles. The summed E-state index contributed by atoms with van der Waals surface area (Å²) in [6, 6.07) is 12.6. The number of anilines is 1. The zero-order valence-corrected chi connectivity index (χ0v) is 17.4. The minimum atomic E-state index is -0.163. The fraction of sp³-hybridized carbons (Fsp3) is 0.286. The Balaban J connectivity index is 1.44. The van der Waals surface area contributed by atoms with Gasteiger partial charge < -0.3 is 14.7 Å². The van der Waals surface area contributed by atoms with E-state index in [1.54, 1.807) is 23.1 Å². The van der Waals surface area contributed by atoms with Crippen LogP contribution in [0.25, 0.3) is 11.4 Å². The summed E-state index contributed by atoms with van der Waals surface area (Å²) < 4.78 is 5.49. The maximum Gasteiger partial charge on any atom is 0.321 e. The molecule has 1 fully saturated rings. The third-order valence-electron chi connectivity index (χ3n) is 5.01. The van der Waals surface area contributed by atoms with Crippen LogP contribution in [-0.2, 0) is 0 Å². The number of piperidine rings is 1. The second-order valence-electron chi connectivity index (χ2n) is 7.15. The van der Waals surface area contributed by atoms with Gasteiger partial charge in [0.2, 0.25) is 11.7 Å². The molecule has 1 saturated heterocycles. The second-order valence-corrected chi connectivity index (χ2v) is 7.99. The topological polar surface area (TPSA) is 71.3 Å². The van der Waals surface area contributed by atoms with E-state index >= 15 is 0 Å². The average Bonchev–Trinajstić information content (AvgIpc) is 3.21. The monoisotopic (exact) mass is 430 g/mol. The van der Waals surface area contributed by atoms with Gasteiger partial charge in [0.25, 0.3) is 0 Å². The van der Waals surface area contributed by atoms with Gasteiger partial charge in [0.05, 0.1) is 5.92 Å². The summed E-state index contributed by atoms with van der Waals surface area (Å²) in [4.78, 5) is 19.0. The number of nitrogens with zero attached hydrogens (tertiary/aromatic N) is 3. The summed E-state index contributed by atoms with van der Waals surface area (Å²) in [6.45, 7) is 3.12. The molecule has 0 spiro atoms. The number of aromatic nitrogens is 2. The number of amides is 2. The predicted octanol–water partition coefficient (Wildman–Crippen LogP) is 5.76. The van der Waals surface area contributed by atoms with E-state index in [9.17, 15) is 4.79 Å². The summed E-state index contributed by atoms with van der Waals surface area (Å²) in [6.07, 6.45) is 1.75. The molecule has 2 heterocycles. The molecule has 4 rings (SSSR count). The average molecular weight is 431 g/mol. The third kappa shape index (κ3) is 4.54. The van der Waals surface area contributed by atoms with Gasteiger partial charge in [0.15, 0.2) is 0 Å². The SMILES string of the molecule is Cc1ccc(NC(=O)N2CCCC(c3nc(-c4cccc(Cl)c4)no3)C2)cc1Cl. The van der Waals surface area contributed by atoms with Crippen LogP contribution in [0.1, 0.15) is 30.2 Å². The molecular formula is C21H20Cl2N4O2. The number of nitrogens with one attached hydrogen (secondary N) is 1. The first-order valence-corrected chi connectivity index (χ1v) is 10.2. The standard InChI is InChI=1S/C21H20Cl2N4O2/c1-13-7-8-17(11-18(13)23)24-21(28)27-9-3-5-15(12-27)20-25-19(26-29-20)14-4-2-6-16(22)10-14/h2,4,6-8,10-11,15H,3,5,9,12H2,1H3,(H,24,28). The number of carbonyl (C=O) groups excluding carboxylic acids is 1. The van der Waals surface area contributed by atoms with Gasteiger partial charge in [-0.2, -0.15) is 4.98 Å². The molecule has 1 atom stereocenters. The van der Waals surface area contributed by atoms with Crippen LogP contribution in [0.2, 0.25) is 10.0 Å². The Morgan fingerprint density at radius 1 is 1.24 bits per heavy atom. The third-order valence-corrected chi connectivity index (χ3v) is 5.65. The number of carbonyl (C=O) groups is 1. The van der Waals surface area contributed by atoms with Crippen molar-refractivity contribution >= 4 is 34.9 Å². The first kappa shape index (κ1) is 19.7. The van der Waals surface area contributed by atoms with Gasteiger partial charge in [0.1, 0.15) is 0 Å². The molecule has 0 saturated carbocycles. The molecule has 2 aromatic carbocycles. The minimum absolute atomic E-state index is 0.00320. The van der Waals surface area contributed by atoms with Crippen LogP contribution in [0.4, 0.5) is 10.5 Å². The Kier molecular flexibility index (Phi) is 5.74. The maximum absolute atomic E-state index is 12.7. The number of hydrogen-bond donors (Lipinski definition) is 1. The lowest BCUT2D eigenvalue weighted by Crippen LogP contribution is -2.41. The normalized spacial score (nSPS) is 16.7. The van der Waals surface area contributed by atoms with E-state index in [2.05, 4.69) is 15.5 Å². The number of likely N-dealkylation sites (tertiary alicyclic amines) is 1. The van der Waals surface area contributed by atoms with E-state index < -0.39 is 0 Å². The lowest BCUT2D eigenvalue weighted by molar-refractivity contribution is 0.184. The van der Waals surface area contributed by atoms with Crippen molar-refractivity contribution < 1.29 is 9.32 Å². The summed E-state index contributed by atoms with van der Waals surface area (Å²) in [5.74, 6) is 1.03. The molecule has 1 unspecified atom stereocenters. The minimum Gasteiger partial charge on any atom is -0.339 e. The van der Waals surface area contributed by atoms with Gasteiger partial charge in [-0.05, 0) is 49.6 Å². The van der Waals surface area contributed by atoms with E-state index in [0.717, 1.165) is 24.0 Å². The molecular weight excluding hydrogens is 411 g/mol. The molecule has 6 nitrogen and oxygen atoms in total. The van der Waals surface area contributed by atoms with Crippen molar-refractivity contribution in [3.8, 4) is 11.4 Å². The Morgan fingerprint density at radius 3 is 2.90 bits per heavy atom. The fourth-order valence-electron chi connectivity index (χ4n) is 3.38. The molecule has 0 aliphatic carbocycles. The first-order chi connectivity index (χ1) is 14.0. The molecule has 0 bridgehead atoms. The molecule has 1 aliphatic rings. The Labute approximate surface area is 178 Å². The van der Waals surface area contributed by atoms with Crippen molar-refractivity contribution in [3.05, 3.63) is 64.0 Å². The van der Waals surface area contributed by atoms with E-state index in [4.69, 9.17) is 27.7 Å². The molecule has 8 heteroatoms. The lowest BCUT2D eigenvalue weighted by Gasteiger charge is -2.31. The number of aryl methyl sites for hydroxylation is 1. The molecule has 29 heavy (non-hydrogen) atoms. The quantitative estimate of drug-likeness (QED) is 0.572. The summed E-state index contributed by atoms with van der Waals surface area (Å²) >= 11 is 12.2. The number of urea groups is 1. The molecule has 1 aliphatic heterocycles. The Bertz CT molecular complexity index is 1040. The van der Waals surface area contributed by atoms with Crippen molar-refractivity contribution in [3.63, 3.8) is 0 Å². The molecule has 1 N–H and O–H groups in total. The lowest BCUT2D eigenvalue weighted by atomic mass is 9.98. The molecule has 2 amide bonds. The zero-order valence-electron chi connectivity index (χ0n) is 15.9. The number of benzene rings is 2.